The molecule has 1 aromatic rings. The van der Waals surface area contributed by atoms with Crippen molar-refractivity contribution in [2.24, 2.45) is 11.1 Å². The van der Waals surface area contributed by atoms with E-state index in [1.807, 2.05) is 12.4 Å². The lowest BCUT2D eigenvalue weighted by molar-refractivity contribution is -0.0816. The molecule has 1 aliphatic carbocycles. The van der Waals surface area contributed by atoms with Gasteiger partial charge in [-0.3, -0.25) is 0 Å². The fourth-order valence-corrected chi connectivity index (χ4v) is 3.26. The number of hydrogen-bond donors (Lipinski definition) is 1. The second kappa shape index (κ2) is 5.86. The van der Waals surface area contributed by atoms with E-state index < -0.39 is 0 Å². The number of methoxy groups -OCH3 is 1. The van der Waals surface area contributed by atoms with Gasteiger partial charge in [-0.05, 0) is 37.5 Å². The van der Waals surface area contributed by atoms with Crippen molar-refractivity contribution in [3.63, 3.8) is 0 Å². The summed E-state index contributed by atoms with van der Waals surface area (Å²) in [5.74, 6) is 0.966. The maximum Gasteiger partial charge on any atom is 0.128 e. The van der Waals surface area contributed by atoms with E-state index in [0.29, 0.717) is 5.41 Å². The van der Waals surface area contributed by atoms with Crippen LogP contribution in [0.25, 0.3) is 0 Å². The molecule has 1 fully saturated rings. The van der Waals surface area contributed by atoms with Crippen LogP contribution < -0.4 is 5.73 Å². The molecule has 114 valence electrons. The Morgan fingerprint density at radius 1 is 1.35 bits per heavy atom. The highest BCUT2D eigenvalue weighted by molar-refractivity contribution is 5.09. The maximum absolute atomic E-state index is 6.57. The van der Waals surface area contributed by atoms with Crippen LogP contribution in [0.5, 0.6) is 0 Å². The van der Waals surface area contributed by atoms with Crippen molar-refractivity contribution in [2.75, 3.05) is 7.11 Å². The zero-order chi connectivity index (χ0) is 14.8. The Labute approximate surface area is 122 Å². The van der Waals surface area contributed by atoms with Crippen molar-refractivity contribution in [2.45, 2.75) is 71.1 Å². The number of rotatable bonds is 5. The number of ether oxygens (including phenoxy) is 1. The maximum atomic E-state index is 6.57. The molecule has 0 amide bonds. The monoisotopic (exact) mass is 279 g/mol. The minimum atomic E-state index is -0.258. The lowest BCUT2D eigenvalue weighted by Crippen LogP contribution is -2.48. The van der Waals surface area contributed by atoms with Gasteiger partial charge in [0, 0.05) is 26.0 Å². The van der Waals surface area contributed by atoms with Crippen LogP contribution in [0.3, 0.4) is 0 Å². The molecule has 2 N–H and O–H groups in total. The Balaban J connectivity index is 2.21. The molecule has 1 aliphatic rings. The summed E-state index contributed by atoms with van der Waals surface area (Å²) in [5, 5.41) is 0. The van der Waals surface area contributed by atoms with Gasteiger partial charge >= 0.3 is 0 Å². The van der Waals surface area contributed by atoms with Crippen LogP contribution in [0, 0.1) is 5.41 Å². The number of aryl methyl sites for hydroxylation is 1. The zero-order valence-corrected chi connectivity index (χ0v) is 13.4. The molecule has 0 aromatic carbocycles. The summed E-state index contributed by atoms with van der Waals surface area (Å²) in [7, 11) is 1.80. The average Bonchev–Trinajstić information content (AvgIpc) is 2.87. The second-order valence-corrected chi connectivity index (χ2v) is 6.89. The minimum absolute atomic E-state index is 0.148. The number of imidazole rings is 1. The highest BCUT2D eigenvalue weighted by atomic mass is 16.5. The molecule has 1 atom stereocenters. The highest BCUT2D eigenvalue weighted by Crippen LogP contribution is 2.46. The van der Waals surface area contributed by atoms with Crippen molar-refractivity contribution >= 4 is 0 Å². The van der Waals surface area contributed by atoms with E-state index in [1.54, 1.807) is 7.11 Å². The van der Waals surface area contributed by atoms with Crippen LogP contribution in [-0.2, 0) is 11.3 Å². The van der Waals surface area contributed by atoms with Crippen molar-refractivity contribution in [1.29, 1.82) is 0 Å². The van der Waals surface area contributed by atoms with Crippen molar-refractivity contribution in [3.8, 4) is 0 Å². The first kappa shape index (κ1) is 15.5. The van der Waals surface area contributed by atoms with E-state index in [9.17, 15) is 0 Å². The van der Waals surface area contributed by atoms with Gasteiger partial charge in [-0.2, -0.15) is 0 Å². The Kier molecular flexibility index (Phi) is 4.55. The topological polar surface area (TPSA) is 53.1 Å². The van der Waals surface area contributed by atoms with Crippen LogP contribution in [-0.4, -0.2) is 22.3 Å². The molecule has 0 bridgehead atoms. The predicted octanol–water partition coefficient (Wildman–Crippen LogP) is 3.28. The van der Waals surface area contributed by atoms with E-state index in [0.717, 1.165) is 44.5 Å². The number of nitrogens with two attached hydrogens (primary N) is 1. The summed E-state index contributed by atoms with van der Waals surface area (Å²) in [6.45, 7) is 7.80. The molecule has 4 nitrogen and oxygen atoms in total. The van der Waals surface area contributed by atoms with Crippen molar-refractivity contribution < 1.29 is 4.74 Å². The summed E-state index contributed by atoms with van der Waals surface area (Å²) in [4.78, 5) is 4.50. The van der Waals surface area contributed by atoms with Gasteiger partial charge in [0.05, 0.1) is 11.6 Å². The van der Waals surface area contributed by atoms with Gasteiger partial charge in [-0.25, -0.2) is 4.98 Å². The van der Waals surface area contributed by atoms with Crippen LogP contribution >= 0.6 is 0 Å². The van der Waals surface area contributed by atoms with E-state index in [4.69, 9.17) is 10.5 Å². The van der Waals surface area contributed by atoms with Gasteiger partial charge in [0.1, 0.15) is 5.82 Å². The van der Waals surface area contributed by atoms with E-state index in [1.165, 1.54) is 0 Å². The molecule has 0 saturated heterocycles. The molecule has 1 heterocycles. The summed E-state index contributed by atoms with van der Waals surface area (Å²) < 4.78 is 8.08. The van der Waals surface area contributed by atoms with Gasteiger partial charge < -0.3 is 15.0 Å². The van der Waals surface area contributed by atoms with Gasteiger partial charge in [-0.15, -0.1) is 0 Å². The summed E-state index contributed by atoms with van der Waals surface area (Å²) in [6.07, 6.45) is 9.29. The average molecular weight is 279 g/mol. The fraction of sp³-hybridized carbons (Fsp3) is 0.812. The lowest BCUT2D eigenvalue weighted by Gasteiger charge is -2.45. The third kappa shape index (κ3) is 2.91. The second-order valence-electron chi connectivity index (χ2n) is 6.89. The van der Waals surface area contributed by atoms with E-state index in [2.05, 4.69) is 30.3 Å². The predicted molar refractivity (Wildman–Crippen MR) is 81.4 cm³/mol. The lowest BCUT2D eigenvalue weighted by atomic mass is 9.68. The molecular weight excluding hydrogens is 250 g/mol. The molecule has 1 aromatic heterocycles. The van der Waals surface area contributed by atoms with Gasteiger partial charge in [0.25, 0.3) is 0 Å². The first-order valence-electron chi connectivity index (χ1n) is 7.76. The number of aromatic nitrogens is 2. The molecule has 1 unspecified atom stereocenters. The largest absolute Gasteiger partial charge is 0.376 e. The molecule has 0 spiro atoms. The Bertz CT molecular complexity index is 429. The first-order chi connectivity index (χ1) is 9.44. The quantitative estimate of drug-likeness (QED) is 0.900. The Morgan fingerprint density at radius 2 is 2.00 bits per heavy atom. The van der Waals surface area contributed by atoms with Crippen molar-refractivity contribution in [3.05, 3.63) is 18.2 Å². The molecule has 2 rings (SSSR count). The van der Waals surface area contributed by atoms with Gasteiger partial charge in [0.15, 0.2) is 0 Å². The Morgan fingerprint density at radius 3 is 2.55 bits per heavy atom. The summed E-state index contributed by atoms with van der Waals surface area (Å²) in [6, 6.07) is -0.148. The minimum Gasteiger partial charge on any atom is -0.376 e. The SMILES string of the molecule is CCCn1ccnc1C(N)C1(OC)CCC(C)(C)CC1. The van der Waals surface area contributed by atoms with E-state index >= 15 is 0 Å². The van der Waals surface area contributed by atoms with Gasteiger partial charge in [0.2, 0.25) is 0 Å². The zero-order valence-electron chi connectivity index (χ0n) is 13.4. The molecule has 1 saturated carbocycles. The third-order valence-electron chi connectivity index (χ3n) is 4.91. The Hall–Kier alpha value is -0.870. The van der Waals surface area contributed by atoms with Crippen LogP contribution in [0.4, 0.5) is 0 Å². The normalized spacial score (nSPS) is 22.6. The van der Waals surface area contributed by atoms with Crippen molar-refractivity contribution in [1.82, 2.24) is 9.55 Å². The molecule has 0 aliphatic heterocycles. The standard InChI is InChI=1S/C16H29N3O/c1-5-11-19-12-10-18-14(19)13(17)16(20-4)8-6-15(2,3)7-9-16/h10,12-13H,5-9,11,17H2,1-4H3. The van der Waals surface area contributed by atoms with E-state index in [-0.39, 0.29) is 11.6 Å². The number of hydrogen-bond acceptors (Lipinski definition) is 3. The summed E-state index contributed by atoms with van der Waals surface area (Å²) in [5.41, 5.74) is 6.72. The highest BCUT2D eigenvalue weighted by Gasteiger charge is 2.44. The molecule has 20 heavy (non-hydrogen) atoms. The van der Waals surface area contributed by atoms with Crippen LogP contribution in [0.2, 0.25) is 0 Å². The molecule has 0 radical (unpaired) electrons. The van der Waals surface area contributed by atoms with Crippen LogP contribution in [0.1, 0.15) is 64.7 Å². The fourth-order valence-electron chi connectivity index (χ4n) is 3.26. The van der Waals surface area contributed by atoms with Crippen LogP contribution in [0.15, 0.2) is 12.4 Å². The molecular formula is C16H29N3O. The summed E-state index contributed by atoms with van der Waals surface area (Å²) >= 11 is 0. The number of nitrogens with zero attached hydrogens (tertiary/aromatic N) is 2. The smallest absolute Gasteiger partial charge is 0.128 e. The molecule has 4 heteroatoms. The van der Waals surface area contributed by atoms with Gasteiger partial charge in [-0.1, -0.05) is 20.8 Å². The third-order valence-corrected chi connectivity index (χ3v) is 4.91. The first-order valence-corrected chi connectivity index (χ1v) is 7.76.